The van der Waals surface area contributed by atoms with Crippen LogP contribution in [0.5, 0.6) is 0 Å². The normalized spacial score (nSPS) is 27.9. The van der Waals surface area contributed by atoms with Crippen molar-refractivity contribution in [3.63, 3.8) is 0 Å². The number of fused-ring (bicyclic) bond motifs is 3. The van der Waals surface area contributed by atoms with E-state index in [0.29, 0.717) is 12.1 Å². The lowest BCUT2D eigenvalue weighted by Crippen LogP contribution is -2.49. The lowest BCUT2D eigenvalue weighted by atomic mass is 9.78. The predicted octanol–water partition coefficient (Wildman–Crippen LogP) is 5.16. The van der Waals surface area contributed by atoms with Gasteiger partial charge in [0.05, 0.1) is 5.60 Å². The number of aryl methyl sites for hydroxylation is 1. The topological polar surface area (TPSA) is 23.5 Å². The van der Waals surface area contributed by atoms with Crippen molar-refractivity contribution >= 4 is 10.8 Å². The Hall–Kier alpha value is -2.16. The number of hydrogen-bond donors (Lipinski definition) is 1. The van der Waals surface area contributed by atoms with Crippen molar-refractivity contribution in [2.75, 3.05) is 0 Å². The van der Waals surface area contributed by atoms with Gasteiger partial charge in [-0.25, -0.2) is 0 Å². The molecule has 0 aromatic heterocycles. The molecule has 2 heterocycles. The highest BCUT2D eigenvalue weighted by molar-refractivity contribution is 5.89. The Bertz CT molecular complexity index is 950. The minimum absolute atomic E-state index is 0.467. The van der Waals surface area contributed by atoms with Gasteiger partial charge in [-0.05, 0) is 60.1 Å². The predicted molar refractivity (Wildman–Crippen MR) is 111 cm³/mol. The highest BCUT2D eigenvalue weighted by Gasteiger charge is 2.48. The Balaban J connectivity index is 1.48. The maximum atomic E-state index is 11.8. The Morgan fingerprint density at radius 3 is 2.19 bits per heavy atom. The monoisotopic (exact) mass is 357 g/mol. The van der Waals surface area contributed by atoms with Crippen molar-refractivity contribution in [1.29, 1.82) is 0 Å². The molecule has 0 spiro atoms. The van der Waals surface area contributed by atoms with Crippen LogP contribution in [0.3, 0.4) is 0 Å². The zero-order valence-corrected chi connectivity index (χ0v) is 15.9. The third kappa shape index (κ3) is 2.88. The van der Waals surface area contributed by atoms with Crippen LogP contribution in [-0.2, 0) is 12.1 Å². The molecule has 0 amide bonds. The Morgan fingerprint density at radius 2 is 1.48 bits per heavy atom. The summed E-state index contributed by atoms with van der Waals surface area (Å²) in [6.07, 6.45) is 4.07. The molecule has 2 aliphatic heterocycles. The summed E-state index contributed by atoms with van der Waals surface area (Å²) in [5, 5.41) is 14.3. The SMILES string of the molecule is Cc1ccc(C2(O)CC3CCC(C2)N3Cc2ccccc2)c2ccccc12. The molecule has 0 saturated carbocycles. The molecule has 2 fully saturated rings. The first-order chi connectivity index (χ1) is 13.1. The van der Waals surface area contributed by atoms with Gasteiger partial charge in [-0.15, -0.1) is 0 Å². The molecule has 2 atom stereocenters. The number of hydrogen-bond acceptors (Lipinski definition) is 2. The molecule has 2 unspecified atom stereocenters. The van der Waals surface area contributed by atoms with E-state index in [-0.39, 0.29) is 0 Å². The van der Waals surface area contributed by atoms with Gasteiger partial charge >= 0.3 is 0 Å². The Morgan fingerprint density at radius 1 is 0.852 bits per heavy atom. The first-order valence-electron chi connectivity index (χ1n) is 10.1. The van der Waals surface area contributed by atoms with Crippen LogP contribution in [-0.4, -0.2) is 22.1 Å². The van der Waals surface area contributed by atoms with Crippen molar-refractivity contribution in [1.82, 2.24) is 4.90 Å². The van der Waals surface area contributed by atoms with Crippen LogP contribution < -0.4 is 0 Å². The molecule has 1 N–H and O–H groups in total. The lowest BCUT2D eigenvalue weighted by Gasteiger charge is -2.44. The van der Waals surface area contributed by atoms with E-state index in [0.717, 1.165) is 24.9 Å². The number of piperidine rings is 1. The van der Waals surface area contributed by atoms with E-state index in [1.54, 1.807) is 0 Å². The number of rotatable bonds is 3. The van der Waals surface area contributed by atoms with Gasteiger partial charge in [0, 0.05) is 18.6 Å². The van der Waals surface area contributed by atoms with Gasteiger partial charge in [-0.3, -0.25) is 4.90 Å². The molecule has 27 heavy (non-hydrogen) atoms. The van der Waals surface area contributed by atoms with Crippen LogP contribution in [0.2, 0.25) is 0 Å². The Kier molecular flexibility index (Phi) is 4.07. The van der Waals surface area contributed by atoms with E-state index in [1.807, 2.05) is 0 Å². The summed E-state index contributed by atoms with van der Waals surface area (Å²) in [5.74, 6) is 0. The molecule has 0 aliphatic carbocycles. The van der Waals surface area contributed by atoms with Gasteiger partial charge in [-0.1, -0.05) is 66.7 Å². The van der Waals surface area contributed by atoms with Gasteiger partial charge < -0.3 is 5.11 Å². The summed E-state index contributed by atoms with van der Waals surface area (Å²) in [5.41, 5.74) is 3.06. The first kappa shape index (κ1) is 17.0. The van der Waals surface area contributed by atoms with Crippen molar-refractivity contribution < 1.29 is 5.11 Å². The molecule has 0 radical (unpaired) electrons. The number of nitrogens with zero attached hydrogens (tertiary/aromatic N) is 1. The summed E-state index contributed by atoms with van der Waals surface area (Å²) in [7, 11) is 0. The highest BCUT2D eigenvalue weighted by Crippen LogP contribution is 2.47. The smallest absolute Gasteiger partial charge is 0.0932 e. The van der Waals surface area contributed by atoms with Crippen molar-refractivity contribution in [2.24, 2.45) is 0 Å². The second-order valence-electron chi connectivity index (χ2n) is 8.46. The van der Waals surface area contributed by atoms with Crippen LogP contribution in [0.4, 0.5) is 0 Å². The van der Waals surface area contributed by atoms with Crippen LogP contribution in [0.15, 0.2) is 66.7 Å². The van der Waals surface area contributed by atoms with E-state index in [2.05, 4.69) is 78.6 Å². The molecular weight excluding hydrogens is 330 g/mol. The van der Waals surface area contributed by atoms with Gasteiger partial charge in [-0.2, -0.15) is 0 Å². The molecule has 5 rings (SSSR count). The highest BCUT2D eigenvalue weighted by atomic mass is 16.3. The fourth-order valence-electron chi connectivity index (χ4n) is 5.44. The first-order valence-corrected chi connectivity index (χ1v) is 10.1. The third-order valence-corrected chi connectivity index (χ3v) is 6.77. The lowest BCUT2D eigenvalue weighted by molar-refractivity contribution is -0.0585. The molecular formula is C25H27NO. The van der Waals surface area contributed by atoms with Crippen molar-refractivity contribution in [3.8, 4) is 0 Å². The molecule has 3 aromatic rings. The minimum atomic E-state index is -0.716. The van der Waals surface area contributed by atoms with Gasteiger partial charge in [0.2, 0.25) is 0 Å². The molecule has 2 heteroatoms. The van der Waals surface area contributed by atoms with Crippen molar-refractivity contribution in [2.45, 2.75) is 56.8 Å². The minimum Gasteiger partial charge on any atom is -0.385 e. The van der Waals surface area contributed by atoms with E-state index < -0.39 is 5.60 Å². The third-order valence-electron chi connectivity index (χ3n) is 6.77. The average Bonchev–Trinajstić information content (AvgIpc) is 2.93. The quantitative estimate of drug-likeness (QED) is 0.699. The van der Waals surface area contributed by atoms with E-state index >= 15 is 0 Å². The van der Waals surface area contributed by atoms with E-state index in [9.17, 15) is 5.11 Å². The second-order valence-corrected chi connectivity index (χ2v) is 8.46. The fourth-order valence-corrected chi connectivity index (χ4v) is 5.44. The molecule has 3 aromatic carbocycles. The zero-order valence-electron chi connectivity index (χ0n) is 15.9. The average molecular weight is 357 g/mol. The molecule has 2 saturated heterocycles. The Labute approximate surface area is 161 Å². The van der Waals surface area contributed by atoms with Gasteiger partial charge in [0.15, 0.2) is 0 Å². The largest absolute Gasteiger partial charge is 0.385 e. The number of benzene rings is 3. The van der Waals surface area contributed by atoms with Crippen LogP contribution in [0, 0.1) is 6.92 Å². The maximum Gasteiger partial charge on any atom is 0.0932 e. The van der Waals surface area contributed by atoms with Crippen LogP contribution >= 0.6 is 0 Å². The molecule has 2 aliphatic rings. The standard InChI is InChI=1S/C25H27NO/c1-18-11-14-24(23-10-6-5-9-22(18)23)25(27)15-20-12-13-21(16-25)26(20)17-19-7-3-2-4-8-19/h2-11,14,20-21,27H,12-13,15-17H2,1H3. The zero-order chi connectivity index (χ0) is 18.4. The molecule has 138 valence electrons. The fraction of sp³-hybridized carbons (Fsp3) is 0.360. The van der Waals surface area contributed by atoms with Crippen LogP contribution in [0.1, 0.15) is 42.4 Å². The summed E-state index contributed by atoms with van der Waals surface area (Å²) < 4.78 is 0. The maximum absolute atomic E-state index is 11.8. The second kappa shape index (κ2) is 6.47. The van der Waals surface area contributed by atoms with E-state index in [4.69, 9.17) is 0 Å². The number of aliphatic hydroxyl groups is 1. The molecule has 2 bridgehead atoms. The summed E-state index contributed by atoms with van der Waals surface area (Å²) in [4.78, 5) is 2.64. The summed E-state index contributed by atoms with van der Waals surface area (Å²) >= 11 is 0. The summed E-state index contributed by atoms with van der Waals surface area (Å²) in [6.45, 7) is 3.16. The van der Waals surface area contributed by atoms with E-state index in [1.165, 1.54) is 34.7 Å². The molecule has 2 nitrogen and oxygen atoms in total. The van der Waals surface area contributed by atoms with Crippen molar-refractivity contribution in [3.05, 3.63) is 83.4 Å². The van der Waals surface area contributed by atoms with Crippen LogP contribution in [0.25, 0.3) is 10.8 Å². The van der Waals surface area contributed by atoms with Gasteiger partial charge in [0.1, 0.15) is 0 Å². The summed E-state index contributed by atoms with van der Waals surface area (Å²) in [6, 6.07) is 24.6. The van der Waals surface area contributed by atoms with Gasteiger partial charge in [0.25, 0.3) is 0 Å².